The van der Waals surface area contributed by atoms with Crippen LogP contribution < -0.4 is 4.74 Å². The molecular weight excluding hydrogens is 354 g/mol. The van der Waals surface area contributed by atoms with Crippen LogP contribution >= 0.6 is 0 Å². The van der Waals surface area contributed by atoms with Crippen molar-refractivity contribution < 1.29 is 19.1 Å². The van der Waals surface area contributed by atoms with Crippen molar-refractivity contribution in [1.82, 2.24) is 4.90 Å². The number of rotatable bonds is 3. The Morgan fingerprint density at radius 3 is 2.07 bits per heavy atom. The fourth-order valence-corrected chi connectivity index (χ4v) is 4.34. The van der Waals surface area contributed by atoms with E-state index in [9.17, 15) is 9.59 Å². The summed E-state index contributed by atoms with van der Waals surface area (Å²) < 4.78 is 11.4. The molecule has 4 rings (SSSR count). The van der Waals surface area contributed by atoms with Crippen LogP contribution in [0, 0.1) is 11.8 Å². The van der Waals surface area contributed by atoms with Gasteiger partial charge in [-0.2, -0.15) is 0 Å². The predicted molar refractivity (Wildman–Crippen MR) is 105 cm³/mol. The maximum absolute atomic E-state index is 13.0. The number of esters is 1. The minimum atomic E-state index is -0.590. The fourth-order valence-electron chi connectivity index (χ4n) is 4.34. The Labute approximate surface area is 165 Å². The molecule has 5 heteroatoms. The summed E-state index contributed by atoms with van der Waals surface area (Å²) in [5.41, 5.74) is 1.53. The van der Waals surface area contributed by atoms with Gasteiger partial charge in [0.2, 0.25) is 0 Å². The van der Waals surface area contributed by atoms with Crippen molar-refractivity contribution in [3.63, 3.8) is 0 Å². The molecule has 2 atom stereocenters. The van der Waals surface area contributed by atoms with Crippen LogP contribution in [0.2, 0.25) is 0 Å². The molecule has 2 aromatic carbocycles. The van der Waals surface area contributed by atoms with Crippen molar-refractivity contribution in [3.05, 3.63) is 59.7 Å². The molecule has 0 bridgehead atoms. The largest absolute Gasteiger partial charge is 0.457 e. The molecule has 0 aliphatic carbocycles. The molecular formula is C23H25NO4. The molecule has 2 aliphatic rings. The van der Waals surface area contributed by atoms with E-state index in [4.69, 9.17) is 9.47 Å². The predicted octanol–water partition coefficient (Wildman–Crippen LogP) is 3.97. The monoisotopic (exact) mass is 379 g/mol. The summed E-state index contributed by atoms with van der Waals surface area (Å²) >= 11 is 0. The average Bonchev–Trinajstić information content (AvgIpc) is 2.69. The standard InChI is InChI=1S/C23H25NO4/c1-15-11-16(2)13-24(12-15)21(25)14-27-23(26)22-17-7-3-5-9-19(17)28-20-10-6-4-8-18(20)22/h3-10,15-16,22H,11-14H2,1-2H3/t15-,16-/m1/s1. The number of likely N-dealkylation sites (tertiary alicyclic amines) is 1. The van der Waals surface area contributed by atoms with E-state index >= 15 is 0 Å². The van der Waals surface area contributed by atoms with Crippen molar-refractivity contribution in [2.24, 2.45) is 11.8 Å². The highest BCUT2D eigenvalue weighted by Crippen LogP contribution is 2.44. The molecule has 1 saturated heterocycles. The molecule has 146 valence electrons. The molecule has 28 heavy (non-hydrogen) atoms. The second kappa shape index (κ2) is 7.66. The Kier molecular flexibility index (Phi) is 5.07. The van der Waals surface area contributed by atoms with Crippen LogP contribution in [-0.2, 0) is 14.3 Å². The van der Waals surface area contributed by atoms with Gasteiger partial charge in [0, 0.05) is 24.2 Å². The lowest BCUT2D eigenvalue weighted by Crippen LogP contribution is -2.44. The maximum atomic E-state index is 13.0. The van der Waals surface area contributed by atoms with Gasteiger partial charge in [-0.15, -0.1) is 0 Å². The van der Waals surface area contributed by atoms with Crippen molar-refractivity contribution >= 4 is 11.9 Å². The first-order valence-electron chi connectivity index (χ1n) is 9.83. The van der Waals surface area contributed by atoms with E-state index in [1.807, 2.05) is 53.4 Å². The molecule has 2 heterocycles. The van der Waals surface area contributed by atoms with Crippen LogP contribution in [0.3, 0.4) is 0 Å². The zero-order valence-corrected chi connectivity index (χ0v) is 16.3. The minimum absolute atomic E-state index is 0.125. The number of benzene rings is 2. The quantitative estimate of drug-likeness (QED) is 0.757. The Bertz CT molecular complexity index is 838. The summed E-state index contributed by atoms with van der Waals surface area (Å²) in [4.78, 5) is 27.4. The van der Waals surface area contributed by atoms with E-state index in [0.717, 1.165) is 30.6 Å². The van der Waals surface area contributed by atoms with Crippen molar-refractivity contribution in [3.8, 4) is 11.5 Å². The summed E-state index contributed by atoms with van der Waals surface area (Å²) in [5, 5.41) is 0. The van der Waals surface area contributed by atoms with Gasteiger partial charge in [-0.3, -0.25) is 9.59 Å². The highest BCUT2D eigenvalue weighted by molar-refractivity contribution is 5.87. The number of ether oxygens (including phenoxy) is 2. The number of carbonyl (C=O) groups excluding carboxylic acids is 2. The van der Waals surface area contributed by atoms with E-state index < -0.39 is 11.9 Å². The molecule has 1 amide bonds. The van der Waals surface area contributed by atoms with E-state index in [0.29, 0.717) is 23.3 Å². The van der Waals surface area contributed by atoms with Gasteiger partial charge in [-0.05, 0) is 30.4 Å². The zero-order chi connectivity index (χ0) is 19.7. The second-order valence-electron chi connectivity index (χ2n) is 7.96. The lowest BCUT2D eigenvalue weighted by molar-refractivity contribution is -0.153. The molecule has 0 unspecified atom stereocenters. The van der Waals surface area contributed by atoms with Gasteiger partial charge in [0.1, 0.15) is 17.4 Å². The fraction of sp³-hybridized carbons (Fsp3) is 0.391. The number of amides is 1. The minimum Gasteiger partial charge on any atom is -0.457 e. The van der Waals surface area contributed by atoms with Gasteiger partial charge in [0.25, 0.3) is 5.91 Å². The summed E-state index contributed by atoms with van der Waals surface area (Å²) in [6, 6.07) is 14.9. The van der Waals surface area contributed by atoms with E-state index in [1.165, 1.54) is 0 Å². The summed E-state index contributed by atoms with van der Waals surface area (Å²) in [6.45, 7) is 5.53. The molecule has 5 nitrogen and oxygen atoms in total. The Morgan fingerprint density at radius 1 is 0.964 bits per heavy atom. The Morgan fingerprint density at radius 2 is 1.50 bits per heavy atom. The summed E-state index contributed by atoms with van der Waals surface area (Å²) in [5.74, 6) is 1.10. The molecule has 2 aromatic rings. The molecule has 0 radical (unpaired) electrons. The van der Waals surface area contributed by atoms with Crippen LogP contribution in [0.5, 0.6) is 11.5 Å². The SMILES string of the molecule is C[C@@H]1C[C@@H](C)CN(C(=O)COC(=O)C2c3ccccc3Oc3ccccc32)C1. The first-order valence-corrected chi connectivity index (χ1v) is 9.83. The third-order valence-electron chi connectivity index (χ3n) is 5.48. The van der Waals surface area contributed by atoms with Crippen LogP contribution in [-0.4, -0.2) is 36.5 Å². The highest BCUT2D eigenvalue weighted by Gasteiger charge is 2.34. The number of carbonyl (C=O) groups is 2. The first-order chi connectivity index (χ1) is 13.5. The second-order valence-corrected chi connectivity index (χ2v) is 7.96. The number of fused-ring (bicyclic) bond motifs is 2. The van der Waals surface area contributed by atoms with E-state index in [1.54, 1.807) is 0 Å². The van der Waals surface area contributed by atoms with Crippen LogP contribution in [0.25, 0.3) is 0 Å². The van der Waals surface area contributed by atoms with Gasteiger partial charge in [-0.1, -0.05) is 50.2 Å². The third kappa shape index (κ3) is 3.61. The number of hydrogen-bond donors (Lipinski definition) is 0. The van der Waals surface area contributed by atoms with Crippen molar-refractivity contribution in [1.29, 1.82) is 0 Å². The number of nitrogens with zero attached hydrogens (tertiary/aromatic N) is 1. The van der Waals surface area contributed by atoms with Gasteiger partial charge in [-0.25, -0.2) is 0 Å². The van der Waals surface area contributed by atoms with Gasteiger partial charge in [0.15, 0.2) is 6.61 Å². The third-order valence-corrected chi connectivity index (χ3v) is 5.48. The lowest BCUT2D eigenvalue weighted by atomic mass is 9.88. The van der Waals surface area contributed by atoms with Gasteiger partial charge < -0.3 is 14.4 Å². The summed E-state index contributed by atoms with van der Waals surface area (Å²) in [7, 11) is 0. The van der Waals surface area contributed by atoms with Crippen molar-refractivity contribution in [2.75, 3.05) is 19.7 Å². The highest BCUT2D eigenvalue weighted by atomic mass is 16.5. The molecule has 0 N–H and O–H groups in total. The first kappa shape index (κ1) is 18.5. The Hall–Kier alpha value is -2.82. The maximum Gasteiger partial charge on any atom is 0.318 e. The van der Waals surface area contributed by atoms with Crippen LogP contribution in [0.1, 0.15) is 37.3 Å². The van der Waals surface area contributed by atoms with E-state index in [2.05, 4.69) is 13.8 Å². The number of piperidine rings is 1. The number of para-hydroxylation sites is 2. The molecule has 0 spiro atoms. The lowest BCUT2D eigenvalue weighted by Gasteiger charge is -2.35. The summed E-state index contributed by atoms with van der Waals surface area (Å²) in [6.07, 6.45) is 1.12. The van der Waals surface area contributed by atoms with Gasteiger partial charge >= 0.3 is 5.97 Å². The Balaban J connectivity index is 1.50. The van der Waals surface area contributed by atoms with Gasteiger partial charge in [0.05, 0.1) is 0 Å². The average molecular weight is 379 g/mol. The van der Waals surface area contributed by atoms with Crippen LogP contribution in [0.4, 0.5) is 0 Å². The molecule has 2 aliphatic heterocycles. The smallest absolute Gasteiger partial charge is 0.318 e. The topological polar surface area (TPSA) is 55.8 Å². The molecule has 1 fully saturated rings. The normalized spacial score (nSPS) is 21.3. The van der Waals surface area contributed by atoms with Crippen LogP contribution in [0.15, 0.2) is 48.5 Å². The molecule has 0 saturated carbocycles. The molecule has 0 aromatic heterocycles. The number of hydrogen-bond acceptors (Lipinski definition) is 4. The van der Waals surface area contributed by atoms with E-state index in [-0.39, 0.29) is 12.5 Å². The van der Waals surface area contributed by atoms with Crippen molar-refractivity contribution in [2.45, 2.75) is 26.2 Å². The zero-order valence-electron chi connectivity index (χ0n) is 16.3.